The van der Waals surface area contributed by atoms with Crippen LogP contribution < -0.4 is 4.74 Å². The summed E-state index contributed by atoms with van der Waals surface area (Å²) in [6.45, 7) is 7.19. The quantitative estimate of drug-likeness (QED) is 0.817. The summed E-state index contributed by atoms with van der Waals surface area (Å²) in [7, 11) is 0. The lowest BCUT2D eigenvalue weighted by atomic mass is 10.0. The first-order valence-electron chi connectivity index (χ1n) is 8.38. The number of nitrogens with zero attached hydrogens (tertiary/aromatic N) is 3. The molecular weight excluding hydrogens is 302 g/mol. The molecule has 126 valence electrons. The molecule has 1 atom stereocenters. The van der Waals surface area contributed by atoms with E-state index in [-0.39, 0.29) is 11.9 Å². The van der Waals surface area contributed by atoms with Crippen molar-refractivity contribution in [3.05, 3.63) is 53.6 Å². The fraction of sp³-hybridized carbons (Fsp3) is 0.421. The van der Waals surface area contributed by atoms with Gasteiger partial charge in [-0.3, -0.25) is 4.79 Å². The molecule has 0 fully saturated rings. The van der Waals surface area contributed by atoms with E-state index in [1.807, 2.05) is 42.2 Å². The molecule has 3 rings (SSSR count). The fourth-order valence-corrected chi connectivity index (χ4v) is 3.07. The van der Waals surface area contributed by atoms with Gasteiger partial charge in [-0.15, -0.1) is 0 Å². The van der Waals surface area contributed by atoms with E-state index in [2.05, 4.69) is 23.8 Å². The summed E-state index contributed by atoms with van der Waals surface area (Å²) in [5, 5.41) is 0. The molecular formula is C19H23N3O2. The van der Waals surface area contributed by atoms with Crippen molar-refractivity contribution in [3.8, 4) is 5.75 Å². The van der Waals surface area contributed by atoms with Gasteiger partial charge in [0, 0.05) is 6.20 Å². The van der Waals surface area contributed by atoms with Crippen LogP contribution in [0.15, 0.2) is 36.5 Å². The average Bonchev–Trinajstić information content (AvgIpc) is 2.80. The molecule has 0 saturated carbocycles. The monoisotopic (exact) mass is 325 g/mol. The minimum atomic E-state index is 0.00677. The van der Waals surface area contributed by atoms with E-state index in [9.17, 15) is 4.79 Å². The summed E-state index contributed by atoms with van der Waals surface area (Å²) in [4.78, 5) is 23.3. The molecule has 5 heteroatoms. The van der Waals surface area contributed by atoms with Crippen LogP contribution in [0.1, 0.15) is 48.2 Å². The summed E-state index contributed by atoms with van der Waals surface area (Å²) < 4.78 is 5.76. The van der Waals surface area contributed by atoms with Crippen molar-refractivity contribution in [1.29, 1.82) is 0 Å². The molecule has 1 aliphatic rings. The Hall–Kier alpha value is -2.43. The molecule has 1 unspecified atom stereocenters. The lowest BCUT2D eigenvalue weighted by molar-refractivity contribution is 0.0672. The van der Waals surface area contributed by atoms with Gasteiger partial charge < -0.3 is 9.64 Å². The van der Waals surface area contributed by atoms with Crippen molar-refractivity contribution >= 4 is 5.91 Å². The maximum atomic E-state index is 12.7. The molecule has 2 heterocycles. The van der Waals surface area contributed by atoms with E-state index in [0.29, 0.717) is 30.5 Å². The van der Waals surface area contributed by atoms with Gasteiger partial charge in [0.1, 0.15) is 18.2 Å². The second-order valence-electron chi connectivity index (χ2n) is 6.52. The van der Waals surface area contributed by atoms with Crippen molar-refractivity contribution < 1.29 is 9.53 Å². The van der Waals surface area contributed by atoms with Gasteiger partial charge in [-0.2, -0.15) is 0 Å². The highest BCUT2D eigenvalue weighted by Gasteiger charge is 2.38. The second-order valence-corrected chi connectivity index (χ2v) is 6.52. The van der Waals surface area contributed by atoms with Crippen LogP contribution in [0, 0.1) is 12.8 Å². The van der Waals surface area contributed by atoms with Gasteiger partial charge >= 0.3 is 0 Å². The van der Waals surface area contributed by atoms with Crippen LogP contribution >= 0.6 is 0 Å². The largest absolute Gasteiger partial charge is 0.492 e. The normalized spacial score (nSPS) is 16.6. The molecule has 1 amide bonds. The van der Waals surface area contributed by atoms with E-state index in [0.717, 1.165) is 17.9 Å². The highest BCUT2D eigenvalue weighted by Crippen LogP contribution is 2.36. The maximum absolute atomic E-state index is 12.7. The summed E-state index contributed by atoms with van der Waals surface area (Å²) in [5.41, 5.74) is 1.49. The topological polar surface area (TPSA) is 55.3 Å². The number of carbonyl (C=O) groups is 1. The van der Waals surface area contributed by atoms with Crippen LogP contribution in [0.25, 0.3) is 0 Å². The van der Waals surface area contributed by atoms with Crippen molar-refractivity contribution in [2.45, 2.75) is 33.2 Å². The van der Waals surface area contributed by atoms with Crippen molar-refractivity contribution in [2.24, 2.45) is 5.92 Å². The molecule has 0 saturated heterocycles. The van der Waals surface area contributed by atoms with E-state index >= 15 is 0 Å². The standard InChI is InChI=1S/C19H23N3O2/c1-13(2)11-17-18-16(12-20-14(3)21-18)19(23)22(17)9-10-24-15-7-5-4-6-8-15/h4-8,12-13,17H,9-11H2,1-3H3. The number of benzene rings is 1. The molecule has 5 nitrogen and oxygen atoms in total. The number of carbonyl (C=O) groups excluding carboxylic acids is 1. The Morgan fingerprint density at radius 1 is 1.25 bits per heavy atom. The van der Waals surface area contributed by atoms with Crippen LogP contribution in [0.2, 0.25) is 0 Å². The summed E-state index contributed by atoms with van der Waals surface area (Å²) in [5.74, 6) is 2.00. The molecule has 1 aromatic carbocycles. The molecule has 0 aliphatic carbocycles. The number of hydrogen-bond donors (Lipinski definition) is 0. The fourth-order valence-electron chi connectivity index (χ4n) is 3.07. The Morgan fingerprint density at radius 2 is 2.00 bits per heavy atom. The summed E-state index contributed by atoms with van der Waals surface area (Å²) >= 11 is 0. The third kappa shape index (κ3) is 3.40. The zero-order valence-corrected chi connectivity index (χ0v) is 14.4. The minimum Gasteiger partial charge on any atom is -0.492 e. The first-order chi connectivity index (χ1) is 11.6. The van der Waals surface area contributed by atoms with Crippen LogP contribution in [0.3, 0.4) is 0 Å². The second kappa shape index (κ2) is 6.99. The van der Waals surface area contributed by atoms with Gasteiger partial charge in [0.05, 0.1) is 23.8 Å². The van der Waals surface area contributed by atoms with Crippen molar-refractivity contribution in [1.82, 2.24) is 14.9 Å². The number of ether oxygens (including phenoxy) is 1. The molecule has 1 aliphatic heterocycles. The maximum Gasteiger partial charge on any atom is 0.258 e. The number of aryl methyl sites for hydroxylation is 1. The number of rotatable bonds is 6. The Bertz CT molecular complexity index is 716. The van der Waals surface area contributed by atoms with Crippen LogP contribution in [-0.4, -0.2) is 33.9 Å². The number of hydrogen-bond acceptors (Lipinski definition) is 4. The minimum absolute atomic E-state index is 0.00677. The average molecular weight is 325 g/mol. The predicted octanol–water partition coefficient (Wildman–Crippen LogP) is 3.41. The zero-order chi connectivity index (χ0) is 17.1. The number of para-hydroxylation sites is 1. The molecule has 0 spiro atoms. The van der Waals surface area contributed by atoms with Gasteiger partial charge in [0.15, 0.2) is 0 Å². The number of fused-ring (bicyclic) bond motifs is 1. The SMILES string of the molecule is Cc1ncc2c(n1)C(CC(C)C)N(CCOc1ccccc1)C2=O. The summed E-state index contributed by atoms with van der Waals surface area (Å²) in [6.07, 6.45) is 2.55. The first-order valence-corrected chi connectivity index (χ1v) is 8.38. The Morgan fingerprint density at radius 3 is 2.71 bits per heavy atom. The molecule has 0 bridgehead atoms. The first kappa shape index (κ1) is 16.4. The molecule has 1 aromatic heterocycles. The Balaban J connectivity index is 1.74. The molecule has 0 N–H and O–H groups in total. The predicted molar refractivity (Wildman–Crippen MR) is 91.9 cm³/mol. The van der Waals surface area contributed by atoms with Crippen LogP contribution in [-0.2, 0) is 0 Å². The third-order valence-electron chi connectivity index (χ3n) is 4.16. The highest BCUT2D eigenvalue weighted by atomic mass is 16.5. The van der Waals surface area contributed by atoms with Gasteiger partial charge in [0.25, 0.3) is 5.91 Å². The third-order valence-corrected chi connectivity index (χ3v) is 4.16. The zero-order valence-electron chi connectivity index (χ0n) is 14.4. The Kier molecular flexibility index (Phi) is 4.79. The lowest BCUT2D eigenvalue weighted by Crippen LogP contribution is -2.33. The van der Waals surface area contributed by atoms with Gasteiger partial charge in [-0.25, -0.2) is 9.97 Å². The Labute approximate surface area is 142 Å². The van der Waals surface area contributed by atoms with E-state index in [1.54, 1.807) is 6.20 Å². The van der Waals surface area contributed by atoms with E-state index in [4.69, 9.17) is 4.74 Å². The smallest absolute Gasteiger partial charge is 0.258 e. The van der Waals surface area contributed by atoms with Crippen molar-refractivity contribution in [2.75, 3.05) is 13.2 Å². The van der Waals surface area contributed by atoms with Crippen LogP contribution in [0.5, 0.6) is 5.75 Å². The number of amides is 1. The van der Waals surface area contributed by atoms with Gasteiger partial charge in [-0.05, 0) is 31.4 Å². The molecule has 2 aromatic rings. The number of aromatic nitrogens is 2. The van der Waals surface area contributed by atoms with Crippen LogP contribution in [0.4, 0.5) is 0 Å². The molecule has 0 radical (unpaired) electrons. The highest BCUT2D eigenvalue weighted by molar-refractivity contribution is 5.98. The van der Waals surface area contributed by atoms with Gasteiger partial charge in [0.2, 0.25) is 0 Å². The van der Waals surface area contributed by atoms with Gasteiger partial charge in [-0.1, -0.05) is 32.0 Å². The van der Waals surface area contributed by atoms with Crippen molar-refractivity contribution in [3.63, 3.8) is 0 Å². The molecule has 24 heavy (non-hydrogen) atoms. The summed E-state index contributed by atoms with van der Waals surface area (Å²) in [6, 6.07) is 9.67. The van der Waals surface area contributed by atoms with E-state index in [1.165, 1.54) is 0 Å². The van der Waals surface area contributed by atoms with E-state index < -0.39 is 0 Å². The lowest BCUT2D eigenvalue weighted by Gasteiger charge is -2.26.